The van der Waals surface area contributed by atoms with Gasteiger partial charge in [0.05, 0.1) is 5.52 Å². The summed E-state index contributed by atoms with van der Waals surface area (Å²) in [5.74, 6) is 0.977. The first-order chi connectivity index (χ1) is 14.8. The molecule has 0 saturated heterocycles. The van der Waals surface area contributed by atoms with Crippen LogP contribution >= 0.6 is 11.6 Å². The van der Waals surface area contributed by atoms with E-state index in [-0.39, 0.29) is 0 Å². The van der Waals surface area contributed by atoms with E-state index < -0.39 is 0 Å². The van der Waals surface area contributed by atoms with E-state index in [9.17, 15) is 0 Å². The molecule has 0 amide bonds. The molecule has 1 aliphatic heterocycles. The third kappa shape index (κ3) is 2.74. The third-order valence-corrected chi connectivity index (χ3v) is 6.03. The van der Waals surface area contributed by atoms with Crippen LogP contribution in [0.3, 0.4) is 0 Å². The fourth-order valence-corrected chi connectivity index (χ4v) is 4.39. The standard InChI is InChI=1S/C24H18ClN5/c25-19-11-9-17(10-12-19)22-24-26-23(20-7-3-4-8-21(20)30(24)28-27-22)29-14-13-16-5-1-2-6-18(16)15-29/h1-12H,13-15H2. The lowest BCUT2D eigenvalue weighted by Crippen LogP contribution is -2.31. The molecule has 0 unspecified atom stereocenters. The average molecular weight is 412 g/mol. The Labute approximate surface area is 178 Å². The molecule has 3 heterocycles. The van der Waals surface area contributed by atoms with E-state index in [1.807, 2.05) is 40.9 Å². The molecule has 0 atom stereocenters. The molecule has 0 fully saturated rings. The van der Waals surface area contributed by atoms with Crippen molar-refractivity contribution < 1.29 is 0 Å². The van der Waals surface area contributed by atoms with Crippen molar-refractivity contribution in [3.63, 3.8) is 0 Å². The molecule has 6 rings (SSSR count). The summed E-state index contributed by atoms with van der Waals surface area (Å²) >= 11 is 6.07. The number of hydrogen-bond donors (Lipinski definition) is 0. The zero-order chi connectivity index (χ0) is 20.1. The van der Waals surface area contributed by atoms with Crippen LogP contribution in [0.15, 0.2) is 72.8 Å². The minimum absolute atomic E-state index is 0.696. The van der Waals surface area contributed by atoms with Gasteiger partial charge in [-0.3, -0.25) is 0 Å². The van der Waals surface area contributed by atoms with Gasteiger partial charge in [0.25, 0.3) is 0 Å². The first-order valence-corrected chi connectivity index (χ1v) is 10.4. The molecule has 0 saturated carbocycles. The summed E-state index contributed by atoms with van der Waals surface area (Å²) in [5.41, 5.74) is 6.25. The van der Waals surface area contributed by atoms with Gasteiger partial charge in [-0.15, -0.1) is 5.10 Å². The van der Waals surface area contributed by atoms with Crippen LogP contribution in [0, 0.1) is 0 Å². The normalized spacial score (nSPS) is 13.7. The molecule has 2 aromatic heterocycles. The van der Waals surface area contributed by atoms with Gasteiger partial charge in [0.15, 0.2) is 5.65 Å². The summed E-state index contributed by atoms with van der Waals surface area (Å²) in [6.45, 7) is 1.78. The van der Waals surface area contributed by atoms with Gasteiger partial charge in [-0.25, -0.2) is 4.98 Å². The number of rotatable bonds is 2. The molecule has 3 aromatic carbocycles. The van der Waals surface area contributed by atoms with Crippen molar-refractivity contribution in [1.82, 2.24) is 19.8 Å². The Kier molecular flexibility index (Phi) is 3.96. The van der Waals surface area contributed by atoms with E-state index in [2.05, 4.69) is 51.6 Å². The highest BCUT2D eigenvalue weighted by molar-refractivity contribution is 6.30. The number of para-hydroxylation sites is 1. The Bertz CT molecular complexity index is 1390. The molecule has 6 heteroatoms. The molecule has 0 bridgehead atoms. The molecule has 0 aliphatic carbocycles. The fraction of sp³-hybridized carbons (Fsp3) is 0.125. The zero-order valence-corrected chi connectivity index (χ0v) is 16.9. The number of halogens is 1. The van der Waals surface area contributed by atoms with Crippen molar-refractivity contribution in [3.05, 3.63) is 88.9 Å². The van der Waals surface area contributed by atoms with E-state index in [0.29, 0.717) is 5.02 Å². The van der Waals surface area contributed by atoms with Crippen molar-refractivity contribution in [3.8, 4) is 11.3 Å². The summed E-state index contributed by atoms with van der Waals surface area (Å²) in [6.07, 6.45) is 1.01. The minimum Gasteiger partial charge on any atom is -0.351 e. The van der Waals surface area contributed by atoms with Crippen LogP contribution < -0.4 is 4.90 Å². The van der Waals surface area contributed by atoms with Gasteiger partial charge in [-0.05, 0) is 41.8 Å². The van der Waals surface area contributed by atoms with E-state index >= 15 is 0 Å². The lowest BCUT2D eigenvalue weighted by molar-refractivity contribution is 0.723. The molecular weight excluding hydrogens is 394 g/mol. The van der Waals surface area contributed by atoms with Crippen molar-refractivity contribution in [1.29, 1.82) is 0 Å². The number of hydrogen-bond acceptors (Lipinski definition) is 4. The highest BCUT2D eigenvalue weighted by Gasteiger charge is 2.22. The van der Waals surface area contributed by atoms with E-state index in [4.69, 9.17) is 16.6 Å². The van der Waals surface area contributed by atoms with Crippen LogP contribution in [0.1, 0.15) is 11.1 Å². The molecule has 0 spiro atoms. The van der Waals surface area contributed by atoms with Crippen LogP contribution in [-0.2, 0) is 13.0 Å². The molecule has 146 valence electrons. The van der Waals surface area contributed by atoms with E-state index in [1.165, 1.54) is 11.1 Å². The van der Waals surface area contributed by atoms with Crippen molar-refractivity contribution in [2.75, 3.05) is 11.4 Å². The maximum atomic E-state index is 6.07. The number of anilines is 1. The van der Waals surface area contributed by atoms with Crippen LogP contribution in [0.4, 0.5) is 5.82 Å². The van der Waals surface area contributed by atoms with Crippen molar-refractivity contribution in [2.45, 2.75) is 13.0 Å². The highest BCUT2D eigenvalue weighted by atomic mass is 35.5. The monoisotopic (exact) mass is 411 g/mol. The zero-order valence-electron chi connectivity index (χ0n) is 16.2. The number of benzene rings is 3. The molecule has 1 aliphatic rings. The molecular formula is C24H18ClN5. The third-order valence-electron chi connectivity index (χ3n) is 5.78. The topological polar surface area (TPSA) is 46.3 Å². The maximum Gasteiger partial charge on any atom is 0.186 e. The second-order valence-electron chi connectivity index (χ2n) is 7.57. The maximum absolute atomic E-state index is 6.07. The van der Waals surface area contributed by atoms with Crippen molar-refractivity contribution >= 4 is 34.0 Å². The molecule has 0 N–H and O–H groups in total. The Morgan fingerprint density at radius 1 is 0.833 bits per heavy atom. The summed E-state index contributed by atoms with van der Waals surface area (Å²) in [6, 6.07) is 24.6. The smallest absolute Gasteiger partial charge is 0.186 e. The van der Waals surface area contributed by atoms with Crippen molar-refractivity contribution in [2.24, 2.45) is 0 Å². The predicted molar refractivity (Wildman–Crippen MR) is 120 cm³/mol. The first-order valence-electron chi connectivity index (χ1n) is 10.00. The molecule has 30 heavy (non-hydrogen) atoms. The van der Waals surface area contributed by atoms with Crippen LogP contribution in [-0.4, -0.2) is 26.4 Å². The quantitative estimate of drug-likeness (QED) is 0.402. The van der Waals surface area contributed by atoms with Gasteiger partial charge >= 0.3 is 0 Å². The Hall–Kier alpha value is -3.44. The summed E-state index contributed by atoms with van der Waals surface area (Å²) < 4.78 is 1.83. The largest absolute Gasteiger partial charge is 0.351 e. The van der Waals surface area contributed by atoms with Gasteiger partial charge in [0.2, 0.25) is 0 Å². The van der Waals surface area contributed by atoms with Gasteiger partial charge in [0.1, 0.15) is 11.5 Å². The highest BCUT2D eigenvalue weighted by Crippen LogP contribution is 2.32. The summed E-state index contributed by atoms with van der Waals surface area (Å²) in [7, 11) is 0. The summed E-state index contributed by atoms with van der Waals surface area (Å²) in [4.78, 5) is 7.45. The van der Waals surface area contributed by atoms with E-state index in [1.54, 1.807) is 0 Å². The van der Waals surface area contributed by atoms with Crippen LogP contribution in [0.5, 0.6) is 0 Å². The number of aromatic nitrogens is 4. The second-order valence-corrected chi connectivity index (χ2v) is 8.01. The molecule has 0 radical (unpaired) electrons. The van der Waals surface area contributed by atoms with Gasteiger partial charge < -0.3 is 4.90 Å². The predicted octanol–water partition coefficient (Wildman–Crippen LogP) is 5.16. The first kappa shape index (κ1) is 17.4. The van der Waals surface area contributed by atoms with Gasteiger partial charge in [0, 0.05) is 29.1 Å². The fourth-order valence-electron chi connectivity index (χ4n) is 4.26. The minimum atomic E-state index is 0.696. The van der Waals surface area contributed by atoms with Gasteiger partial charge in [-0.2, -0.15) is 4.52 Å². The van der Waals surface area contributed by atoms with Crippen LogP contribution in [0.25, 0.3) is 27.8 Å². The Balaban J connectivity index is 1.56. The second kappa shape index (κ2) is 6.82. The van der Waals surface area contributed by atoms with Gasteiger partial charge in [-0.1, -0.05) is 65.3 Å². The molecule has 5 aromatic rings. The lowest BCUT2D eigenvalue weighted by Gasteiger charge is -2.30. The summed E-state index contributed by atoms with van der Waals surface area (Å²) in [5, 5.41) is 10.7. The average Bonchev–Trinajstić information content (AvgIpc) is 3.23. The van der Waals surface area contributed by atoms with E-state index in [0.717, 1.165) is 53.1 Å². The van der Waals surface area contributed by atoms with Crippen LogP contribution in [0.2, 0.25) is 5.02 Å². The number of nitrogens with zero attached hydrogens (tertiary/aromatic N) is 5. The lowest BCUT2D eigenvalue weighted by atomic mass is 9.99. The number of fused-ring (bicyclic) bond motifs is 4. The molecule has 5 nitrogen and oxygen atoms in total. The SMILES string of the molecule is Clc1ccc(-c2nnn3c2nc(N2CCc4ccccc4C2)c2ccccc23)cc1. The Morgan fingerprint density at radius 2 is 1.60 bits per heavy atom. The Morgan fingerprint density at radius 3 is 2.47 bits per heavy atom.